The van der Waals surface area contributed by atoms with Gasteiger partial charge in [-0.15, -0.1) is 11.3 Å². The minimum atomic E-state index is -0.0874. The van der Waals surface area contributed by atoms with Crippen molar-refractivity contribution in [2.75, 3.05) is 13.1 Å². The minimum Gasteiger partial charge on any atom is -0.330 e. The topological polar surface area (TPSA) is 40.6 Å². The van der Waals surface area contributed by atoms with Crippen molar-refractivity contribution >= 4 is 23.2 Å². The molecule has 1 aromatic heterocycles. The van der Waals surface area contributed by atoms with Gasteiger partial charge in [0.1, 0.15) is 6.54 Å². The van der Waals surface area contributed by atoms with E-state index in [1.54, 1.807) is 11.3 Å². The van der Waals surface area contributed by atoms with Crippen molar-refractivity contribution in [3.05, 3.63) is 93.7 Å². The first kappa shape index (κ1) is 22.9. The number of thiophene rings is 1. The van der Waals surface area contributed by atoms with E-state index in [1.807, 2.05) is 46.2 Å². The van der Waals surface area contributed by atoms with E-state index in [0.717, 1.165) is 24.8 Å². The predicted octanol–water partition coefficient (Wildman–Crippen LogP) is 5.65. The van der Waals surface area contributed by atoms with Crippen molar-refractivity contribution in [1.29, 1.82) is 0 Å². The van der Waals surface area contributed by atoms with Gasteiger partial charge in [0.2, 0.25) is 11.8 Å². The van der Waals surface area contributed by atoms with E-state index >= 15 is 0 Å². The summed E-state index contributed by atoms with van der Waals surface area (Å²) in [6.45, 7) is 4.98. The number of carbonyl (C=O) groups excluding carboxylic acids is 2. The Morgan fingerprint density at radius 2 is 1.71 bits per heavy atom. The average molecular weight is 473 g/mol. The quantitative estimate of drug-likeness (QED) is 0.446. The highest BCUT2D eigenvalue weighted by molar-refractivity contribution is 7.10. The molecule has 0 N–H and O–H groups in total. The first-order chi connectivity index (χ1) is 16.6. The summed E-state index contributed by atoms with van der Waals surface area (Å²) in [5, 5.41) is 2.13. The lowest BCUT2D eigenvalue weighted by molar-refractivity contribution is -0.144. The maximum Gasteiger partial charge on any atom is 0.243 e. The van der Waals surface area contributed by atoms with Crippen LogP contribution in [0.3, 0.4) is 0 Å². The van der Waals surface area contributed by atoms with E-state index < -0.39 is 0 Å². The predicted molar refractivity (Wildman–Crippen MR) is 137 cm³/mol. The molecule has 5 heteroatoms. The summed E-state index contributed by atoms with van der Waals surface area (Å²) in [7, 11) is 0. The van der Waals surface area contributed by atoms with Crippen molar-refractivity contribution in [2.24, 2.45) is 5.92 Å². The highest BCUT2D eigenvalue weighted by atomic mass is 32.1. The lowest BCUT2D eigenvalue weighted by Gasteiger charge is -2.38. The molecule has 4 atom stereocenters. The van der Waals surface area contributed by atoms with Gasteiger partial charge in [0.25, 0.3) is 0 Å². The standard InChI is InChI=1S/C29H32N2O2S/c1-3-20(2)31(29(33)25-18-24(25)21-10-6-4-7-11-21)19-27(32)30-16-14-26-23(15-17-34-26)28(30)22-12-8-5-9-13-22/h4-13,15,17,20,24-25,28H,3,14,16,18-19H2,1-2H3. The van der Waals surface area contributed by atoms with Gasteiger partial charge in [-0.05, 0) is 60.2 Å². The number of fused-ring (bicyclic) bond motifs is 1. The smallest absolute Gasteiger partial charge is 0.243 e. The van der Waals surface area contributed by atoms with Gasteiger partial charge in [-0.1, -0.05) is 67.6 Å². The molecule has 1 saturated carbocycles. The van der Waals surface area contributed by atoms with Gasteiger partial charge in [-0.2, -0.15) is 0 Å². The molecule has 0 bridgehead atoms. The summed E-state index contributed by atoms with van der Waals surface area (Å²) < 4.78 is 0. The monoisotopic (exact) mass is 472 g/mol. The molecule has 5 rings (SSSR count). The van der Waals surface area contributed by atoms with Crippen LogP contribution in [0.25, 0.3) is 0 Å². The third kappa shape index (κ3) is 4.41. The Morgan fingerprint density at radius 1 is 1.03 bits per heavy atom. The second-order valence-electron chi connectivity index (χ2n) is 9.53. The Labute approximate surface area is 206 Å². The van der Waals surface area contributed by atoms with Crippen molar-refractivity contribution in [1.82, 2.24) is 9.80 Å². The van der Waals surface area contributed by atoms with Gasteiger partial charge in [-0.3, -0.25) is 9.59 Å². The molecule has 176 valence electrons. The summed E-state index contributed by atoms with van der Waals surface area (Å²) in [4.78, 5) is 32.6. The molecule has 1 fully saturated rings. The number of amides is 2. The number of hydrogen-bond acceptors (Lipinski definition) is 3. The fourth-order valence-corrected chi connectivity index (χ4v) is 6.14. The molecule has 0 radical (unpaired) electrons. The average Bonchev–Trinajstić information content (AvgIpc) is 3.55. The van der Waals surface area contributed by atoms with Crippen LogP contribution in [0.2, 0.25) is 0 Å². The minimum absolute atomic E-state index is 0.0149. The van der Waals surface area contributed by atoms with Crippen LogP contribution in [0.15, 0.2) is 72.1 Å². The van der Waals surface area contributed by atoms with Gasteiger partial charge in [-0.25, -0.2) is 0 Å². The van der Waals surface area contributed by atoms with Crippen molar-refractivity contribution in [3.8, 4) is 0 Å². The Bertz CT molecular complexity index is 1140. The maximum atomic E-state index is 13.8. The second kappa shape index (κ2) is 9.75. The van der Waals surface area contributed by atoms with Crippen LogP contribution < -0.4 is 0 Å². The van der Waals surface area contributed by atoms with E-state index in [-0.39, 0.29) is 42.3 Å². The largest absolute Gasteiger partial charge is 0.330 e. The van der Waals surface area contributed by atoms with Gasteiger partial charge in [0.05, 0.1) is 6.04 Å². The van der Waals surface area contributed by atoms with Crippen LogP contribution in [-0.2, 0) is 16.0 Å². The molecule has 4 nitrogen and oxygen atoms in total. The third-order valence-electron chi connectivity index (χ3n) is 7.45. The molecule has 0 spiro atoms. The number of benzene rings is 2. The van der Waals surface area contributed by atoms with Gasteiger partial charge in [0.15, 0.2) is 0 Å². The molecular weight excluding hydrogens is 440 g/mol. The molecule has 1 aliphatic heterocycles. The highest BCUT2D eigenvalue weighted by Crippen LogP contribution is 2.48. The second-order valence-corrected chi connectivity index (χ2v) is 10.5. The zero-order valence-electron chi connectivity index (χ0n) is 19.9. The zero-order valence-corrected chi connectivity index (χ0v) is 20.7. The van der Waals surface area contributed by atoms with Crippen LogP contribution in [0.1, 0.15) is 60.2 Å². The molecule has 2 aromatic carbocycles. The number of rotatable bonds is 7. The van der Waals surface area contributed by atoms with E-state index in [0.29, 0.717) is 6.54 Å². The van der Waals surface area contributed by atoms with Gasteiger partial charge >= 0.3 is 0 Å². The molecule has 4 unspecified atom stereocenters. The maximum absolute atomic E-state index is 13.8. The molecule has 2 aliphatic rings. The first-order valence-corrected chi connectivity index (χ1v) is 13.2. The molecule has 2 amide bonds. The molecule has 3 aromatic rings. The third-order valence-corrected chi connectivity index (χ3v) is 8.44. The number of carbonyl (C=O) groups is 2. The van der Waals surface area contributed by atoms with Crippen LogP contribution >= 0.6 is 11.3 Å². The van der Waals surface area contributed by atoms with Crippen molar-refractivity contribution in [3.63, 3.8) is 0 Å². The zero-order chi connectivity index (χ0) is 23.7. The lowest BCUT2D eigenvalue weighted by Crippen LogP contribution is -2.49. The normalized spacial score (nSPS) is 22.1. The molecule has 0 saturated heterocycles. The van der Waals surface area contributed by atoms with E-state index in [1.165, 1.54) is 16.0 Å². The molecular formula is C29H32N2O2S. The molecule has 1 aliphatic carbocycles. The SMILES string of the molecule is CCC(C)N(CC(=O)N1CCc2sccc2C1c1ccccc1)C(=O)C1CC1c1ccccc1. The summed E-state index contributed by atoms with van der Waals surface area (Å²) >= 11 is 1.77. The number of hydrogen-bond donors (Lipinski definition) is 0. The van der Waals surface area contributed by atoms with Crippen molar-refractivity contribution in [2.45, 2.75) is 51.1 Å². The van der Waals surface area contributed by atoms with E-state index in [4.69, 9.17) is 0 Å². The van der Waals surface area contributed by atoms with Crippen LogP contribution in [0.5, 0.6) is 0 Å². The molecule has 34 heavy (non-hydrogen) atoms. The first-order valence-electron chi connectivity index (χ1n) is 12.3. The fraction of sp³-hybridized carbons (Fsp3) is 0.379. The Morgan fingerprint density at radius 3 is 2.38 bits per heavy atom. The fourth-order valence-electron chi connectivity index (χ4n) is 5.24. The van der Waals surface area contributed by atoms with E-state index in [9.17, 15) is 9.59 Å². The lowest BCUT2D eigenvalue weighted by atomic mass is 9.93. The Balaban J connectivity index is 1.37. The summed E-state index contributed by atoms with van der Waals surface area (Å²) in [6.07, 6.45) is 2.58. The summed E-state index contributed by atoms with van der Waals surface area (Å²) in [6, 6.07) is 22.7. The summed E-state index contributed by atoms with van der Waals surface area (Å²) in [5.41, 5.74) is 3.58. The van der Waals surface area contributed by atoms with Crippen molar-refractivity contribution < 1.29 is 9.59 Å². The van der Waals surface area contributed by atoms with Gasteiger partial charge < -0.3 is 9.80 Å². The Kier molecular flexibility index (Phi) is 6.55. The highest BCUT2D eigenvalue weighted by Gasteiger charge is 2.47. The Hall–Kier alpha value is -2.92. The van der Waals surface area contributed by atoms with Crippen LogP contribution in [0.4, 0.5) is 0 Å². The summed E-state index contributed by atoms with van der Waals surface area (Å²) in [5.74, 6) is 0.423. The van der Waals surface area contributed by atoms with Crippen LogP contribution in [-0.4, -0.2) is 40.7 Å². The number of nitrogens with zero attached hydrogens (tertiary/aromatic N) is 2. The van der Waals surface area contributed by atoms with Gasteiger partial charge in [0, 0.05) is 23.4 Å². The van der Waals surface area contributed by atoms with Crippen LogP contribution in [0, 0.1) is 5.92 Å². The molecule has 2 heterocycles. The van der Waals surface area contributed by atoms with E-state index in [2.05, 4.69) is 49.6 Å².